The number of rotatable bonds is 4. The van der Waals surface area contributed by atoms with Crippen LogP contribution in [0.3, 0.4) is 0 Å². The highest BCUT2D eigenvalue weighted by molar-refractivity contribution is 7.73. The van der Waals surface area contributed by atoms with Gasteiger partial charge < -0.3 is 0 Å². The third-order valence-corrected chi connectivity index (χ3v) is 3.62. The smallest absolute Gasteiger partial charge is 0.255 e. The first-order chi connectivity index (χ1) is 11.1. The van der Waals surface area contributed by atoms with E-state index in [1.54, 1.807) is 48.9 Å². The fourth-order valence-electron chi connectivity index (χ4n) is 2.12. The molecule has 0 atom stereocenters. The quantitative estimate of drug-likeness (QED) is 0.703. The van der Waals surface area contributed by atoms with Crippen molar-refractivity contribution < 1.29 is 8.42 Å². The lowest BCUT2D eigenvalue weighted by Crippen LogP contribution is -2.16. The molecule has 0 amide bonds. The molecule has 0 spiro atoms. The van der Waals surface area contributed by atoms with Gasteiger partial charge in [0.1, 0.15) is 6.33 Å². The molecule has 0 fully saturated rings. The van der Waals surface area contributed by atoms with Crippen molar-refractivity contribution >= 4 is 16.6 Å². The average Bonchev–Trinajstić information content (AvgIpc) is 2.56. The number of hydrogen-bond donors (Lipinski definition) is 2. The van der Waals surface area contributed by atoms with E-state index in [0.29, 0.717) is 11.4 Å². The molecule has 8 heteroatoms. The van der Waals surface area contributed by atoms with Crippen LogP contribution in [0.1, 0.15) is 0 Å². The van der Waals surface area contributed by atoms with E-state index in [4.69, 9.17) is 0 Å². The molecule has 1 N–H and O–H groups in total. The van der Waals surface area contributed by atoms with Gasteiger partial charge in [-0.1, -0.05) is 12.1 Å². The summed E-state index contributed by atoms with van der Waals surface area (Å²) in [6, 6.07) is 10.0. The van der Waals surface area contributed by atoms with Crippen LogP contribution < -0.4 is 10.3 Å². The molecule has 0 unspecified atom stereocenters. The van der Waals surface area contributed by atoms with Gasteiger partial charge in [-0.3, -0.25) is 14.1 Å². The Morgan fingerprint density at radius 1 is 0.913 bits per heavy atom. The molecule has 0 saturated heterocycles. The van der Waals surface area contributed by atoms with Crippen molar-refractivity contribution in [2.24, 2.45) is 0 Å². The van der Waals surface area contributed by atoms with E-state index in [0.717, 1.165) is 11.1 Å². The fourth-order valence-corrected chi connectivity index (χ4v) is 2.48. The van der Waals surface area contributed by atoms with Gasteiger partial charge >= 0.3 is 0 Å². The molecule has 0 aliphatic rings. The molecule has 0 bridgehead atoms. The minimum absolute atomic E-state index is 0.190. The first-order valence-electron chi connectivity index (χ1n) is 6.63. The van der Waals surface area contributed by atoms with Crippen LogP contribution in [-0.2, 0) is 10.9 Å². The number of thiol groups is 1. The molecule has 0 radical (unpaired) electrons. The Balaban J connectivity index is 1.99. The van der Waals surface area contributed by atoms with Crippen molar-refractivity contribution in [2.75, 3.05) is 4.72 Å². The van der Waals surface area contributed by atoms with E-state index in [1.807, 2.05) is 0 Å². The molecule has 7 nitrogen and oxygen atoms in total. The highest BCUT2D eigenvalue weighted by Crippen LogP contribution is 2.21. The molecule has 0 aliphatic heterocycles. The number of pyridine rings is 1. The van der Waals surface area contributed by atoms with Crippen LogP contribution in [0.5, 0.6) is 0 Å². The van der Waals surface area contributed by atoms with E-state index >= 15 is 0 Å². The van der Waals surface area contributed by atoms with E-state index in [-0.39, 0.29) is 5.56 Å². The summed E-state index contributed by atoms with van der Waals surface area (Å²) in [7, 11) is -2.69. The van der Waals surface area contributed by atoms with E-state index < -0.39 is 10.9 Å². The standard InChI is InChI=1S/C15H12N4O3S/c20-15-6-3-12(9-19(15)14-7-16-10-17-8-14)11-1-4-13(5-2-11)18-23(21)22/h1-10,23H,(H,18,21,22). The van der Waals surface area contributed by atoms with Crippen LogP contribution in [0.15, 0.2) is 66.1 Å². The van der Waals surface area contributed by atoms with Gasteiger partial charge in [-0.05, 0) is 29.3 Å². The van der Waals surface area contributed by atoms with Gasteiger partial charge in [0, 0.05) is 18.0 Å². The van der Waals surface area contributed by atoms with E-state index in [1.165, 1.54) is 17.0 Å². The van der Waals surface area contributed by atoms with Crippen molar-refractivity contribution in [2.45, 2.75) is 0 Å². The van der Waals surface area contributed by atoms with E-state index in [9.17, 15) is 13.2 Å². The van der Waals surface area contributed by atoms with Crippen molar-refractivity contribution in [3.63, 3.8) is 0 Å². The molecule has 2 heterocycles. The molecule has 3 aromatic rings. The zero-order valence-electron chi connectivity index (χ0n) is 11.8. The lowest BCUT2D eigenvalue weighted by molar-refractivity contribution is 0.619. The molecule has 1 aromatic carbocycles. The van der Waals surface area contributed by atoms with Crippen molar-refractivity contribution in [1.82, 2.24) is 14.5 Å². The van der Waals surface area contributed by atoms with Gasteiger partial charge in [0.25, 0.3) is 5.56 Å². The second kappa shape index (κ2) is 6.41. The lowest BCUT2D eigenvalue weighted by atomic mass is 10.1. The lowest BCUT2D eigenvalue weighted by Gasteiger charge is -2.08. The van der Waals surface area contributed by atoms with Crippen LogP contribution in [0.25, 0.3) is 16.8 Å². The summed E-state index contributed by atoms with van der Waals surface area (Å²) in [4.78, 5) is 19.8. The number of benzene rings is 1. The van der Waals surface area contributed by atoms with E-state index in [2.05, 4.69) is 14.7 Å². The first kappa shape index (κ1) is 14.9. The SMILES string of the molecule is O=c1ccc(-c2ccc(N[SH](=O)=O)cc2)cn1-c1cncnc1. The summed E-state index contributed by atoms with van der Waals surface area (Å²) in [6.45, 7) is 0. The third-order valence-electron chi connectivity index (χ3n) is 3.17. The topological polar surface area (TPSA) is 94.0 Å². The molecule has 0 saturated carbocycles. The molecule has 2 aromatic heterocycles. The van der Waals surface area contributed by atoms with Crippen LogP contribution in [-0.4, -0.2) is 23.0 Å². The highest BCUT2D eigenvalue weighted by atomic mass is 32.2. The Morgan fingerprint density at radius 2 is 1.57 bits per heavy atom. The number of nitrogens with zero attached hydrogens (tertiary/aromatic N) is 3. The van der Waals surface area contributed by atoms with Crippen molar-refractivity contribution in [3.05, 3.63) is 71.7 Å². The molecule has 0 aliphatic carbocycles. The van der Waals surface area contributed by atoms with Crippen LogP contribution in [0.2, 0.25) is 0 Å². The molecule has 3 rings (SSSR count). The summed E-state index contributed by atoms with van der Waals surface area (Å²) in [5, 5.41) is 0. The van der Waals surface area contributed by atoms with Gasteiger partial charge in [0.15, 0.2) is 0 Å². The Morgan fingerprint density at radius 3 is 2.22 bits per heavy atom. The average molecular weight is 328 g/mol. The molecular weight excluding hydrogens is 316 g/mol. The fraction of sp³-hybridized carbons (Fsp3) is 0. The number of hydrogen-bond acceptors (Lipinski definition) is 5. The molecule has 23 heavy (non-hydrogen) atoms. The number of nitrogens with one attached hydrogen (secondary N) is 1. The minimum atomic E-state index is -2.69. The largest absolute Gasteiger partial charge is 0.286 e. The normalized spacial score (nSPS) is 10.7. The molecular formula is C15H12N4O3S. The zero-order chi connectivity index (χ0) is 16.2. The van der Waals surface area contributed by atoms with Gasteiger partial charge in [0.2, 0.25) is 10.9 Å². The Bertz CT molecular complexity index is 942. The summed E-state index contributed by atoms with van der Waals surface area (Å²) in [5.41, 5.74) is 2.52. The van der Waals surface area contributed by atoms with Crippen LogP contribution in [0, 0.1) is 0 Å². The predicted octanol–water partition coefficient (Wildman–Crippen LogP) is 1.23. The highest BCUT2D eigenvalue weighted by Gasteiger charge is 2.04. The zero-order valence-corrected chi connectivity index (χ0v) is 12.7. The molecule has 116 valence electrons. The van der Waals surface area contributed by atoms with Gasteiger partial charge in [-0.25, -0.2) is 18.4 Å². The first-order valence-corrected chi connectivity index (χ1v) is 7.81. The van der Waals surface area contributed by atoms with Crippen molar-refractivity contribution in [1.29, 1.82) is 0 Å². The summed E-state index contributed by atoms with van der Waals surface area (Å²) >= 11 is 0. The van der Waals surface area contributed by atoms with Crippen LogP contribution >= 0.6 is 0 Å². The Labute approximate surface area is 133 Å². The summed E-state index contributed by atoms with van der Waals surface area (Å²) < 4.78 is 25.0. The second-order valence-electron chi connectivity index (χ2n) is 4.67. The maximum Gasteiger partial charge on any atom is 0.255 e. The van der Waals surface area contributed by atoms with Gasteiger partial charge in [0.05, 0.1) is 18.1 Å². The number of aromatic nitrogens is 3. The maximum atomic E-state index is 12.0. The monoisotopic (exact) mass is 328 g/mol. The van der Waals surface area contributed by atoms with Crippen molar-refractivity contribution in [3.8, 4) is 16.8 Å². The minimum Gasteiger partial charge on any atom is -0.286 e. The Kier molecular flexibility index (Phi) is 4.15. The van der Waals surface area contributed by atoms with Crippen LogP contribution in [0.4, 0.5) is 5.69 Å². The third kappa shape index (κ3) is 3.43. The van der Waals surface area contributed by atoms with Gasteiger partial charge in [-0.2, -0.15) is 0 Å². The predicted molar refractivity (Wildman–Crippen MR) is 87.0 cm³/mol. The Hall–Kier alpha value is -3.00. The summed E-state index contributed by atoms with van der Waals surface area (Å²) in [6.07, 6.45) is 6.19. The number of anilines is 1. The van der Waals surface area contributed by atoms with Gasteiger partial charge in [-0.15, -0.1) is 0 Å². The second-order valence-corrected chi connectivity index (χ2v) is 5.41. The maximum absolute atomic E-state index is 12.0. The summed E-state index contributed by atoms with van der Waals surface area (Å²) in [5.74, 6) is 0.